The first-order chi connectivity index (χ1) is 7.72. The molecule has 0 amide bonds. The minimum Gasteiger partial charge on any atom is -0.144 e. The maximum atomic E-state index is 2.29. The smallest absolute Gasteiger partial charge is 0.0345 e. The lowest BCUT2D eigenvalue weighted by Gasteiger charge is -2.08. The zero-order chi connectivity index (χ0) is 11.5. The highest BCUT2D eigenvalue weighted by molar-refractivity contribution is 7.13. The topological polar surface area (TPSA) is 0 Å². The molecule has 0 atom stereocenters. The molecule has 0 nitrogen and oxygen atoms in total. The van der Waals surface area contributed by atoms with Crippen molar-refractivity contribution < 1.29 is 0 Å². The van der Waals surface area contributed by atoms with Crippen molar-refractivity contribution in [1.29, 1.82) is 0 Å². The van der Waals surface area contributed by atoms with Crippen LogP contribution in [-0.4, -0.2) is 0 Å². The summed E-state index contributed by atoms with van der Waals surface area (Å²) in [6.07, 6.45) is 4.26. The van der Waals surface area contributed by atoms with Gasteiger partial charge in [0.2, 0.25) is 0 Å². The average Bonchev–Trinajstić information content (AvgIpc) is 2.76. The van der Waals surface area contributed by atoms with Gasteiger partial charge in [-0.3, -0.25) is 0 Å². The average molecular weight is 228 g/mol. The Balaban J connectivity index is 2.54. The van der Waals surface area contributed by atoms with Crippen LogP contribution in [0.1, 0.15) is 23.6 Å². The Hall–Kier alpha value is -1.34. The van der Waals surface area contributed by atoms with Crippen molar-refractivity contribution in [3.63, 3.8) is 0 Å². The molecular formula is C15H16S. The molecule has 1 heterocycles. The highest BCUT2D eigenvalue weighted by atomic mass is 32.1. The van der Waals surface area contributed by atoms with Crippen molar-refractivity contribution in [3.8, 4) is 10.4 Å². The number of allylic oxidation sites excluding steroid dienone is 1. The van der Waals surface area contributed by atoms with E-state index in [4.69, 9.17) is 0 Å². The fourth-order valence-electron chi connectivity index (χ4n) is 1.89. The van der Waals surface area contributed by atoms with Crippen LogP contribution in [0.2, 0.25) is 0 Å². The van der Waals surface area contributed by atoms with Gasteiger partial charge in [0.15, 0.2) is 0 Å². The fraction of sp³-hybridized carbons (Fsp3) is 0.200. The van der Waals surface area contributed by atoms with Gasteiger partial charge in [-0.25, -0.2) is 0 Å². The Labute approximate surface area is 101 Å². The van der Waals surface area contributed by atoms with Crippen molar-refractivity contribution in [3.05, 3.63) is 52.4 Å². The minimum absolute atomic E-state index is 1.32. The summed E-state index contributed by atoms with van der Waals surface area (Å²) < 4.78 is 0. The highest BCUT2D eigenvalue weighted by Crippen LogP contribution is 2.30. The van der Waals surface area contributed by atoms with Crippen LogP contribution in [0.25, 0.3) is 16.5 Å². The molecule has 1 heteroatoms. The van der Waals surface area contributed by atoms with E-state index in [0.717, 1.165) is 0 Å². The Morgan fingerprint density at radius 3 is 2.56 bits per heavy atom. The third-order valence-corrected chi connectivity index (χ3v) is 3.65. The first-order valence-electron chi connectivity index (χ1n) is 5.50. The van der Waals surface area contributed by atoms with Crippen molar-refractivity contribution in [2.75, 3.05) is 0 Å². The second-order valence-electron chi connectivity index (χ2n) is 4.00. The molecule has 0 N–H and O–H groups in total. The Kier molecular flexibility index (Phi) is 3.25. The van der Waals surface area contributed by atoms with Gasteiger partial charge in [0.25, 0.3) is 0 Å². The van der Waals surface area contributed by atoms with Crippen LogP contribution in [0, 0.1) is 13.8 Å². The van der Waals surface area contributed by atoms with Crippen LogP contribution < -0.4 is 0 Å². The normalized spacial score (nSPS) is 11.2. The van der Waals surface area contributed by atoms with Gasteiger partial charge in [0, 0.05) is 4.88 Å². The molecule has 1 aromatic heterocycles. The second kappa shape index (κ2) is 4.67. The molecule has 2 rings (SSSR count). The largest absolute Gasteiger partial charge is 0.144 e. The van der Waals surface area contributed by atoms with E-state index < -0.39 is 0 Å². The van der Waals surface area contributed by atoms with E-state index in [-0.39, 0.29) is 0 Å². The van der Waals surface area contributed by atoms with Crippen LogP contribution in [-0.2, 0) is 0 Å². The maximum Gasteiger partial charge on any atom is 0.0345 e. The molecule has 1 aromatic carbocycles. The molecule has 16 heavy (non-hydrogen) atoms. The van der Waals surface area contributed by atoms with E-state index >= 15 is 0 Å². The summed E-state index contributed by atoms with van der Waals surface area (Å²) in [5, 5.41) is 2.13. The lowest BCUT2D eigenvalue weighted by atomic mass is 9.99. The molecule has 0 spiro atoms. The van der Waals surface area contributed by atoms with Gasteiger partial charge < -0.3 is 0 Å². The van der Waals surface area contributed by atoms with Crippen molar-refractivity contribution in [2.45, 2.75) is 20.8 Å². The number of hydrogen-bond donors (Lipinski definition) is 0. The van der Waals surface area contributed by atoms with Crippen LogP contribution in [0.4, 0.5) is 0 Å². The van der Waals surface area contributed by atoms with E-state index in [2.05, 4.69) is 62.6 Å². The molecular weight excluding hydrogens is 212 g/mol. The summed E-state index contributed by atoms with van der Waals surface area (Å²) in [5.41, 5.74) is 5.37. The number of thiophene rings is 1. The zero-order valence-corrected chi connectivity index (χ0v) is 10.8. The molecule has 0 aliphatic carbocycles. The van der Waals surface area contributed by atoms with E-state index in [1.165, 1.54) is 27.1 Å². The van der Waals surface area contributed by atoms with Gasteiger partial charge in [-0.05, 0) is 60.5 Å². The van der Waals surface area contributed by atoms with Gasteiger partial charge in [-0.2, -0.15) is 0 Å². The quantitative estimate of drug-likeness (QED) is 0.673. The molecule has 0 saturated carbocycles. The van der Waals surface area contributed by atoms with E-state index in [0.29, 0.717) is 0 Å². The van der Waals surface area contributed by atoms with Crippen LogP contribution in [0.3, 0.4) is 0 Å². The Bertz CT molecular complexity index is 504. The molecule has 82 valence electrons. The lowest BCUT2D eigenvalue weighted by Crippen LogP contribution is -1.87. The van der Waals surface area contributed by atoms with Crippen molar-refractivity contribution >= 4 is 17.4 Å². The van der Waals surface area contributed by atoms with Crippen LogP contribution in [0.15, 0.2) is 35.7 Å². The van der Waals surface area contributed by atoms with Gasteiger partial charge in [-0.15, -0.1) is 11.3 Å². The lowest BCUT2D eigenvalue weighted by molar-refractivity contribution is 1.38. The molecule has 0 aliphatic rings. The minimum atomic E-state index is 1.32. The van der Waals surface area contributed by atoms with Gasteiger partial charge in [-0.1, -0.05) is 24.3 Å². The molecule has 2 aromatic rings. The predicted octanol–water partition coefficient (Wildman–Crippen LogP) is 5.07. The Morgan fingerprint density at radius 1 is 1.12 bits per heavy atom. The summed E-state index contributed by atoms with van der Waals surface area (Å²) in [6, 6.07) is 8.84. The predicted molar refractivity (Wildman–Crippen MR) is 73.9 cm³/mol. The molecule has 0 radical (unpaired) electrons. The van der Waals surface area contributed by atoms with E-state index in [9.17, 15) is 0 Å². The number of hydrogen-bond acceptors (Lipinski definition) is 1. The van der Waals surface area contributed by atoms with Crippen LogP contribution in [0.5, 0.6) is 0 Å². The standard InChI is InChI=1S/C15H16S/c1-4-6-13-9-12(3)14(10-11(13)2)15-7-5-8-16-15/h4-10H,1-3H3/b6-4+. The summed E-state index contributed by atoms with van der Waals surface area (Å²) in [6.45, 7) is 6.41. The van der Waals surface area contributed by atoms with Gasteiger partial charge in [0.1, 0.15) is 0 Å². The summed E-state index contributed by atoms with van der Waals surface area (Å²) >= 11 is 1.80. The number of rotatable bonds is 2. The monoisotopic (exact) mass is 228 g/mol. The molecule has 0 bridgehead atoms. The highest BCUT2D eigenvalue weighted by Gasteiger charge is 2.05. The third kappa shape index (κ3) is 2.10. The molecule has 0 saturated heterocycles. The molecule has 0 aliphatic heterocycles. The first-order valence-corrected chi connectivity index (χ1v) is 6.38. The fourth-order valence-corrected chi connectivity index (χ4v) is 2.70. The SMILES string of the molecule is C/C=C/c1cc(C)c(-c2cccs2)cc1C. The summed E-state index contributed by atoms with van der Waals surface area (Å²) in [7, 11) is 0. The molecule has 0 unspecified atom stereocenters. The number of benzene rings is 1. The van der Waals surface area contributed by atoms with Gasteiger partial charge >= 0.3 is 0 Å². The first kappa shape index (κ1) is 11.2. The van der Waals surface area contributed by atoms with Crippen molar-refractivity contribution in [1.82, 2.24) is 0 Å². The summed E-state index contributed by atoms with van der Waals surface area (Å²) in [4.78, 5) is 1.35. The third-order valence-electron chi connectivity index (χ3n) is 2.75. The maximum absolute atomic E-state index is 2.29. The molecule has 0 fully saturated rings. The van der Waals surface area contributed by atoms with Crippen LogP contribution >= 0.6 is 11.3 Å². The summed E-state index contributed by atoms with van der Waals surface area (Å²) in [5.74, 6) is 0. The van der Waals surface area contributed by atoms with Crippen molar-refractivity contribution in [2.24, 2.45) is 0 Å². The van der Waals surface area contributed by atoms with E-state index in [1.54, 1.807) is 11.3 Å². The Morgan fingerprint density at radius 2 is 1.94 bits per heavy atom. The number of aryl methyl sites for hydroxylation is 2. The van der Waals surface area contributed by atoms with E-state index in [1.807, 2.05) is 0 Å². The zero-order valence-electron chi connectivity index (χ0n) is 9.95. The van der Waals surface area contributed by atoms with Gasteiger partial charge in [0.05, 0.1) is 0 Å². The second-order valence-corrected chi connectivity index (χ2v) is 4.95.